The molecule has 131 heavy (non-hydrogen) atoms. The van der Waals surface area contributed by atoms with Gasteiger partial charge in [0.15, 0.2) is 0 Å². The molecule has 0 saturated carbocycles. The van der Waals surface area contributed by atoms with Crippen LogP contribution < -0.4 is 78.6 Å². The number of rotatable bonds is 20. The Morgan fingerprint density at radius 2 is 0.458 bits per heavy atom. The van der Waals surface area contributed by atoms with Gasteiger partial charge in [0, 0.05) is 62.6 Å². The largest absolute Gasteiger partial charge is 0.488 e. The number of benzene rings is 16. The van der Waals surface area contributed by atoms with Crippen LogP contribution in [0, 0.1) is 0 Å². The zero-order valence-corrected chi connectivity index (χ0v) is 79.6. The van der Waals surface area contributed by atoms with Crippen molar-refractivity contribution >= 4 is 135 Å². The molecule has 0 bridgehead atoms. The van der Waals surface area contributed by atoms with Crippen molar-refractivity contribution in [2.75, 3.05) is 0 Å². The maximum atomic E-state index is 8.92. The molecule has 0 unspecified atom stereocenters. The van der Waals surface area contributed by atoms with Gasteiger partial charge >= 0.3 is 7.12 Å². The number of halogens is 1. The first kappa shape index (κ1) is 95.6. The van der Waals surface area contributed by atoms with Crippen molar-refractivity contribution in [3.63, 3.8) is 0 Å². The van der Waals surface area contributed by atoms with E-state index in [0.29, 0.717) is 28.7 Å². The average Bonchev–Trinajstić information content (AvgIpc) is 1.64. The van der Waals surface area contributed by atoms with Crippen LogP contribution in [0.2, 0.25) is 0 Å². The second kappa shape index (κ2) is 50.9. The van der Waals surface area contributed by atoms with E-state index in [0.717, 1.165) is 44.5 Å². The Hall–Kier alpha value is -12.9. The molecule has 0 saturated heterocycles. The summed E-state index contributed by atoms with van der Waals surface area (Å²) in [4.78, 5) is 8.54. The molecule has 2 N–H and O–H groups in total. The van der Waals surface area contributed by atoms with Gasteiger partial charge in [0.2, 0.25) is 0 Å². The Balaban J connectivity index is 0.000000131. The monoisotopic (exact) mass is 1940 g/mol. The van der Waals surface area contributed by atoms with Crippen LogP contribution in [-0.2, 0) is 20.4 Å². The third kappa shape index (κ3) is 28.1. The minimum atomic E-state index is -1.44. The minimum absolute atomic E-state index is 0. The van der Waals surface area contributed by atoms with Crippen molar-refractivity contribution < 1.29 is 39.9 Å². The van der Waals surface area contributed by atoms with Crippen LogP contribution in [0.4, 0.5) is 0 Å². The van der Waals surface area contributed by atoms with Gasteiger partial charge in [-0.15, -0.1) is 20.4 Å². The molecule has 4 heterocycles. The summed E-state index contributed by atoms with van der Waals surface area (Å²) in [5.74, 6) is 6.79. The standard InChI is InChI=1S/C20H18N4O.4C18H15P.C12H11BO3.C8H9BrN4.Pd/c1-14(2)19-22-23-20-21-12-16(13-24(19)20)15-8-10-18(11-9-15)25-17-6-4-3-5-7-17;4*1-4-10-16(11-5-1)19(17-12-6-2-7-13-17)18-14-8-3-9-15-18;14-13(15)10-6-8-12(9-7-10)16-11-4-2-1-3-5-11;1-5(2)7-11-12-8-10-3-6(9)4-13(7)8;/h3-14H,1-2H3;4*1-15H;1-9,14-15H;3-5H,1-2H3;. The van der Waals surface area contributed by atoms with E-state index in [-0.39, 0.29) is 26.3 Å². The summed E-state index contributed by atoms with van der Waals surface area (Å²) < 4.78 is 16.2. The Morgan fingerprint density at radius 3 is 0.687 bits per heavy atom. The topological polar surface area (TPSA) is 145 Å². The number of fused-ring (bicyclic) bond motifs is 2. The van der Waals surface area contributed by atoms with Gasteiger partial charge in [0.05, 0.1) is 4.47 Å². The molecule has 0 aliphatic heterocycles. The summed E-state index contributed by atoms with van der Waals surface area (Å²) in [5, 5.41) is 51.0. The SMILES string of the molecule is CC(C)c1nnc2ncc(-c3ccc(Oc4ccccc4)cc3)cn12.CC(C)c1nnc2ncc(Br)cn12.OB(O)c1ccc(Oc2ccccc2)cc1.[Pd].c1ccc(P(c2ccccc2)c2ccccc2)cc1.c1ccc(P(c2ccccc2)c2ccccc2)cc1.c1ccc(P(c2ccccc2)c2ccccc2)cc1.c1ccc(P(c2ccccc2)c2ccccc2)cc1. The molecule has 19 heteroatoms. The molecule has 0 spiro atoms. The first-order chi connectivity index (χ1) is 63.9. The van der Waals surface area contributed by atoms with Gasteiger partial charge in [-0.2, -0.15) is 0 Å². The van der Waals surface area contributed by atoms with Crippen molar-refractivity contribution in [2.45, 2.75) is 39.5 Å². The van der Waals surface area contributed by atoms with E-state index >= 15 is 0 Å². The fraction of sp³-hybridized carbons (Fsp3) is 0.0536. The molecule has 0 aliphatic carbocycles. The second-order valence-corrected chi connectivity index (χ2v) is 39.8. The second-order valence-electron chi connectivity index (χ2n) is 30.0. The molecule has 4 aromatic heterocycles. The molecule has 0 aliphatic rings. The third-order valence-electron chi connectivity index (χ3n) is 20.1. The molecule has 0 atom stereocenters. The first-order valence-electron chi connectivity index (χ1n) is 42.8. The summed E-state index contributed by atoms with van der Waals surface area (Å²) in [6.45, 7) is 8.35. The quantitative estimate of drug-likeness (QED) is 0.0559. The van der Waals surface area contributed by atoms with Gasteiger partial charge < -0.3 is 19.5 Å². The van der Waals surface area contributed by atoms with Gasteiger partial charge in [0.25, 0.3) is 11.6 Å². The number of hydrogen-bond acceptors (Lipinski definition) is 10. The number of ether oxygens (including phenoxy) is 2. The van der Waals surface area contributed by atoms with Crippen LogP contribution in [0.25, 0.3) is 22.7 Å². The number of nitrogens with zero attached hydrogens (tertiary/aromatic N) is 8. The first-order valence-corrected chi connectivity index (χ1v) is 49.0. The number of para-hydroxylation sites is 2. The van der Waals surface area contributed by atoms with Crippen LogP contribution in [0.3, 0.4) is 0 Å². The fourth-order valence-corrected chi connectivity index (χ4v) is 23.4. The molecular formula is C112H98BBrN8O4P4Pd. The molecule has 0 fully saturated rings. The third-order valence-corrected chi connectivity index (χ3v) is 30.3. The van der Waals surface area contributed by atoms with E-state index in [1.807, 2.05) is 112 Å². The van der Waals surface area contributed by atoms with Gasteiger partial charge in [-0.3, -0.25) is 8.80 Å². The predicted molar refractivity (Wildman–Crippen MR) is 553 cm³/mol. The van der Waals surface area contributed by atoms with Crippen LogP contribution in [0.5, 0.6) is 23.0 Å². The molecule has 20 rings (SSSR count). The summed E-state index contributed by atoms with van der Waals surface area (Å²) >= 11 is 3.36. The van der Waals surface area contributed by atoms with Gasteiger partial charge in [-0.1, -0.05) is 452 Å². The molecular weight excluding hydrogens is 1840 g/mol. The smallest absolute Gasteiger partial charge is 0.457 e. The predicted octanol–water partition coefficient (Wildman–Crippen LogP) is 21.7. The van der Waals surface area contributed by atoms with Crippen molar-refractivity contribution in [1.29, 1.82) is 0 Å². The van der Waals surface area contributed by atoms with E-state index in [1.54, 1.807) is 30.5 Å². The van der Waals surface area contributed by atoms with Crippen molar-refractivity contribution in [1.82, 2.24) is 39.2 Å². The maximum absolute atomic E-state index is 8.92. The van der Waals surface area contributed by atoms with Crippen LogP contribution in [0.1, 0.15) is 51.2 Å². The van der Waals surface area contributed by atoms with E-state index in [2.05, 4.69) is 438 Å². The maximum Gasteiger partial charge on any atom is 0.488 e. The minimum Gasteiger partial charge on any atom is -0.457 e. The summed E-state index contributed by atoms with van der Waals surface area (Å²) in [7, 11) is -3.22. The summed E-state index contributed by atoms with van der Waals surface area (Å²) in [6.07, 6.45) is 7.50. The number of hydrogen-bond donors (Lipinski definition) is 2. The molecule has 12 nitrogen and oxygen atoms in total. The van der Waals surface area contributed by atoms with Gasteiger partial charge in [-0.05, 0) is 171 Å². The molecule has 0 amide bonds. The average molecular weight is 1940 g/mol. The van der Waals surface area contributed by atoms with Crippen molar-refractivity contribution in [3.05, 3.63) is 514 Å². The summed E-state index contributed by atoms with van der Waals surface area (Å²) in [5.41, 5.74) is 2.53. The zero-order chi connectivity index (χ0) is 89.7. The zero-order valence-electron chi connectivity index (χ0n) is 72.8. The van der Waals surface area contributed by atoms with E-state index in [9.17, 15) is 0 Å². The molecule has 16 aromatic carbocycles. The normalized spacial score (nSPS) is 10.6. The van der Waals surface area contributed by atoms with Gasteiger partial charge in [-0.25, -0.2) is 9.97 Å². The van der Waals surface area contributed by atoms with Crippen molar-refractivity contribution in [3.8, 4) is 34.1 Å². The molecule has 0 radical (unpaired) electrons. The van der Waals surface area contributed by atoms with Crippen molar-refractivity contribution in [2.24, 2.45) is 0 Å². The Bertz CT molecular complexity index is 5790. The van der Waals surface area contributed by atoms with E-state index < -0.39 is 38.8 Å². The van der Waals surface area contributed by atoms with Crippen LogP contribution in [0.15, 0.2) is 502 Å². The fourth-order valence-electron chi connectivity index (χ4n) is 13.9. The Labute approximate surface area is 795 Å². The van der Waals surface area contributed by atoms with E-state index in [4.69, 9.17) is 19.5 Å². The van der Waals surface area contributed by atoms with Crippen LogP contribution in [-0.4, -0.2) is 56.3 Å². The van der Waals surface area contributed by atoms with Gasteiger partial charge in [0.1, 0.15) is 34.6 Å². The Kier molecular flexibility index (Phi) is 37.1. The number of aromatic nitrogens is 8. The van der Waals surface area contributed by atoms with E-state index in [1.165, 1.54) is 63.7 Å². The summed E-state index contributed by atoms with van der Waals surface area (Å²) in [6, 6.07) is 163. The Morgan fingerprint density at radius 1 is 0.252 bits per heavy atom. The molecule has 20 aromatic rings. The molecule has 650 valence electrons. The van der Waals surface area contributed by atoms with Crippen LogP contribution >= 0.6 is 47.6 Å².